The van der Waals surface area contributed by atoms with Crippen molar-refractivity contribution in [2.24, 2.45) is 0 Å². The quantitative estimate of drug-likeness (QED) is 0.757. The van der Waals surface area contributed by atoms with Gasteiger partial charge in [-0.3, -0.25) is 9.59 Å². The Balaban J connectivity index is 1.86. The summed E-state index contributed by atoms with van der Waals surface area (Å²) in [5.41, 5.74) is 0.219. The lowest BCUT2D eigenvalue weighted by Gasteiger charge is -2.75. The van der Waals surface area contributed by atoms with Gasteiger partial charge in [0.25, 0.3) is 11.8 Å². The molecule has 3 aliphatic heterocycles. The number of carbonyl (C=O) groups is 2. The summed E-state index contributed by atoms with van der Waals surface area (Å²) < 4.78 is 11.5. The molecule has 3 aliphatic rings. The first-order valence-corrected chi connectivity index (χ1v) is 9.45. The van der Waals surface area contributed by atoms with Crippen LogP contribution in [0.3, 0.4) is 0 Å². The fourth-order valence-corrected chi connectivity index (χ4v) is 5.70. The van der Waals surface area contributed by atoms with Crippen molar-refractivity contribution in [3.63, 3.8) is 0 Å². The molecule has 0 bridgehead atoms. The molecular formula is C22H22N2O4. The number of β-lactam (4-membered cyclic amide) rings is 2. The maximum Gasteiger partial charge on any atom is 0.255 e. The Bertz CT molecular complexity index is 837. The lowest BCUT2D eigenvalue weighted by Crippen LogP contribution is -2.94. The summed E-state index contributed by atoms with van der Waals surface area (Å²) in [5.74, 6) is -0.0916. The second-order valence-corrected chi connectivity index (χ2v) is 7.48. The van der Waals surface area contributed by atoms with Crippen LogP contribution in [-0.2, 0) is 30.1 Å². The zero-order valence-corrected chi connectivity index (χ0v) is 15.9. The maximum atomic E-state index is 13.0. The average Bonchev–Trinajstić information content (AvgIpc) is 2.74. The highest BCUT2D eigenvalue weighted by atomic mass is 16.5. The molecule has 6 nitrogen and oxygen atoms in total. The van der Waals surface area contributed by atoms with Crippen molar-refractivity contribution < 1.29 is 19.1 Å². The zero-order chi connectivity index (χ0) is 19.5. The lowest BCUT2D eigenvalue weighted by atomic mass is 9.52. The second-order valence-electron chi connectivity index (χ2n) is 7.48. The Labute approximate surface area is 163 Å². The molecule has 3 saturated heterocycles. The smallest absolute Gasteiger partial charge is 0.255 e. The minimum atomic E-state index is -0.839. The largest absolute Gasteiger partial charge is 0.369 e. The van der Waals surface area contributed by atoms with E-state index in [2.05, 4.69) is 0 Å². The van der Waals surface area contributed by atoms with Crippen LogP contribution in [0.4, 0.5) is 0 Å². The van der Waals surface area contributed by atoms with Crippen molar-refractivity contribution >= 4 is 11.8 Å². The Morgan fingerprint density at radius 2 is 1.07 bits per heavy atom. The number of ether oxygens (including phenoxy) is 2. The third-order valence-electron chi connectivity index (χ3n) is 6.62. The van der Waals surface area contributed by atoms with Gasteiger partial charge >= 0.3 is 0 Å². The summed E-state index contributed by atoms with van der Waals surface area (Å²) >= 11 is 0. The van der Waals surface area contributed by atoms with E-state index in [9.17, 15) is 9.59 Å². The van der Waals surface area contributed by atoms with Crippen LogP contribution in [0, 0.1) is 0 Å². The summed E-state index contributed by atoms with van der Waals surface area (Å²) in [6.07, 6.45) is -1.38. The molecule has 0 aliphatic carbocycles. The number of piperazine rings is 1. The molecule has 144 valence electrons. The number of nitrogens with zero attached hydrogens (tertiary/aromatic N) is 2. The van der Waals surface area contributed by atoms with Gasteiger partial charge in [0.15, 0.2) is 12.2 Å². The van der Waals surface area contributed by atoms with Crippen LogP contribution in [0.5, 0.6) is 0 Å². The van der Waals surface area contributed by atoms with Crippen LogP contribution >= 0.6 is 0 Å². The molecule has 6 heteroatoms. The van der Waals surface area contributed by atoms with Crippen molar-refractivity contribution in [2.45, 2.75) is 23.3 Å². The van der Waals surface area contributed by atoms with Crippen LogP contribution in [0.25, 0.3) is 0 Å². The van der Waals surface area contributed by atoms with Crippen LogP contribution < -0.4 is 0 Å². The van der Waals surface area contributed by atoms with E-state index in [1.165, 1.54) is 0 Å². The van der Waals surface area contributed by atoms with Crippen molar-refractivity contribution in [3.05, 3.63) is 71.8 Å². The highest BCUT2D eigenvalue weighted by molar-refractivity contribution is 5.99. The minimum absolute atomic E-state index is 0.0458. The van der Waals surface area contributed by atoms with Gasteiger partial charge < -0.3 is 19.3 Å². The van der Waals surface area contributed by atoms with Crippen molar-refractivity contribution in [3.8, 4) is 0 Å². The Morgan fingerprint density at radius 3 is 1.39 bits per heavy atom. The standard InChI is InChI=1S/C22H22N2O4/c1-27-17-19(25)23-13-14-24-20(26)18(28-2)22(24,16-11-7-4-8-12-16)21(17,23)15-9-5-3-6-10-15/h3-12,17-18H,13-14H2,1-2H3/t17-,18-,21-,22-/m1/s1. The van der Waals surface area contributed by atoms with Crippen LogP contribution in [-0.4, -0.2) is 61.1 Å². The molecule has 3 fully saturated rings. The topological polar surface area (TPSA) is 59.1 Å². The third-order valence-corrected chi connectivity index (χ3v) is 6.62. The van der Waals surface area contributed by atoms with E-state index < -0.39 is 23.3 Å². The molecule has 0 unspecified atom stereocenters. The fourth-order valence-electron chi connectivity index (χ4n) is 5.70. The van der Waals surface area contributed by atoms with Gasteiger partial charge in [-0.05, 0) is 11.1 Å². The van der Waals surface area contributed by atoms with Gasteiger partial charge in [-0.25, -0.2) is 0 Å². The van der Waals surface area contributed by atoms with E-state index in [1.807, 2.05) is 70.5 Å². The lowest BCUT2D eigenvalue weighted by molar-refractivity contribution is -0.290. The molecule has 0 saturated carbocycles. The summed E-state index contributed by atoms with van der Waals surface area (Å²) in [6, 6.07) is 19.8. The summed E-state index contributed by atoms with van der Waals surface area (Å²) in [4.78, 5) is 29.7. The number of amides is 2. The first-order chi connectivity index (χ1) is 13.7. The van der Waals surface area contributed by atoms with Crippen molar-refractivity contribution in [1.82, 2.24) is 9.80 Å². The predicted octanol–water partition coefficient (Wildman–Crippen LogP) is 1.51. The van der Waals surface area contributed by atoms with E-state index >= 15 is 0 Å². The number of fused-ring (bicyclic) bond motifs is 3. The van der Waals surface area contributed by atoms with Crippen molar-refractivity contribution in [2.75, 3.05) is 27.3 Å². The second kappa shape index (κ2) is 5.90. The van der Waals surface area contributed by atoms with E-state index in [-0.39, 0.29) is 11.8 Å². The SMILES string of the molecule is CO[C@@H]1C(=O)N2CCN3C(=O)[C@@H](OC)[C@]3(c3ccccc3)[C@@]12c1ccccc1. The first kappa shape index (κ1) is 17.4. The number of carbonyl (C=O) groups excluding carboxylic acids is 2. The number of benzene rings is 2. The highest BCUT2D eigenvalue weighted by Gasteiger charge is 2.83. The van der Waals surface area contributed by atoms with Gasteiger partial charge in [-0.1, -0.05) is 60.7 Å². The molecule has 28 heavy (non-hydrogen) atoms. The van der Waals surface area contributed by atoms with Crippen molar-refractivity contribution in [1.29, 1.82) is 0 Å². The number of hydrogen-bond donors (Lipinski definition) is 0. The minimum Gasteiger partial charge on any atom is -0.369 e. The third kappa shape index (κ3) is 1.67. The van der Waals surface area contributed by atoms with Crippen LogP contribution in [0.15, 0.2) is 60.7 Å². The van der Waals surface area contributed by atoms with Gasteiger partial charge in [-0.2, -0.15) is 0 Å². The van der Waals surface area contributed by atoms with E-state index in [1.54, 1.807) is 14.2 Å². The normalized spacial score (nSPS) is 33.6. The number of hydrogen-bond acceptors (Lipinski definition) is 4. The van der Waals surface area contributed by atoms with Gasteiger partial charge in [0, 0.05) is 27.3 Å². The average molecular weight is 378 g/mol. The van der Waals surface area contributed by atoms with E-state index in [4.69, 9.17) is 9.47 Å². The molecule has 3 heterocycles. The van der Waals surface area contributed by atoms with E-state index in [0.29, 0.717) is 13.1 Å². The molecule has 4 atom stereocenters. The molecule has 0 spiro atoms. The van der Waals surface area contributed by atoms with Gasteiger partial charge in [0.05, 0.1) is 0 Å². The number of methoxy groups -OCH3 is 2. The first-order valence-electron chi connectivity index (χ1n) is 9.45. The molecule has 5 rings (SSSR count). The van der Waals surface area contributed by atoms with Gasteiger partial charge in [-0.15, -0.1) is 0 Å². The summed E-state index contributed by atoms with van der Waals surface area (Å²) in [7, 11) is 3.12. The van der Waals surface area contributed by atoms with Crippen LogP contribution in [0.1, 0.15) is 11.1 Å². The molecule has 2 aromatic rings. The molecule has 0 N–H and O–H groups in total. The zero-order valence-electron chi connectivity index (χ0n) is 15.9. The van der Waals surface area contributed by atoms with Gasteiger partial charge in [0.1, 0.15) is 11.1 Å². The Hall–Kier alpha value is -2.70. The summed E-state index contributed by atoms with van der Waals surface area (Å²) in [5, 5.41) is 0. The maximum absolute atomic E-state index is 13.0. The molecule has 0 aromatic heterocycles. The Kier molecular flexibility index (Phi) is 3.66. The number of rotatable bonds is 4. The molecule has 2 amide bonds. The van der Waals surface area contributed by atoms with Crippen LogP contribution in [0.2, 0.25) is 0 Å². The highest BCUT2D eigenvalue weighted by Crippen LogP contribution is 2.65. The summed E-state index contributed by atoms with van der Waals surface area (Å²) in [6.45, 7) is 0.953. The Morgan fingerprint density at radius 1 is 0.714 bits per heavy atom. The predicted molar refractivity (Wildman–Crippen MR) is 101 cm³/mol. The van der Waals surface area contributed by atoms with E-state index in [0.717, 1.165) is 11.1 Å². The monoisotopic (exact) mass is 378 g/mol. The molecule has 2 aromatic carbocycles. The fraction of sp³-hybridized carbons (Fsp3) is 0.364. The van der Waals surface area contributed by atoms with Gasteiger partial charge in [0.2, 0.25) is 0 Å². The molecular weight excluding hydrogens is 356 g/mol. The molecule has 0 radical (unpaired) electrons.